The predicted octanol–water partition coefficient (Wildman–Crippen LogP) is 7.80. The molecular formula is C27H19Cl2FN2. The van der Waals surface area contributed by atoms with Gasteiger partial charge in [-0.3, -0.25) is 9.97 Å². The lowest BCUT2D eigenvalue weighted by Crippen LogP contribution is -2.09. The van der Waals surface area contributed by atoms with Crippen molar-refractivity contribution in [1.82, 2.24) is 9.97 Å². The maximum absolute atomic E-state index is 13.6. The fourth-order valence-corrected chi connectivity index (χ4v) is 4.37. The molecule has 0 saturated heterocycles. The van der Waals surface area contributed by atoms with Crippen molar-refractivity contribution < 1.29 is 4.39 Å². The molecule has 0 radical (unpaired) electrons. The van der Waals surface area contributed by atoms with Gasteiger partial charge in [-0.15, -0.1) is 0 Å². The Morgan fingerprint density at radius 2 is 1.09 bits per heavy atom. The summed E-state index contributed by atoms with van der Waals surface area (Å²) in [7, 11) is 0. The van der Waals surface area contributed by atoms with Crippen LogP contribution in [0.1, 0.15) is 22.9 Å². The second kappa shape index (κ2) is 8.85. The molecule has 0 fully saturated rings. The zero-order valence-electron chi connectivity index (χ0n) is 17.1. The van der Waals surface area contributed by atoms with Gasteiger partial charge in [0.2, 0.25) is 0 Å². The van der Waals surface area contributed by atoms with Gasteiger partial charge in [0.05, 0.1) is 11.0 Å². The summed E-state index contributed by atoms with van der Waals surface area (Å²) in [6, 6.07) is 26.3. The molecule has 5 heteroatoms. The molecule has 0 N–H and O–H groups in total. The standard InChI is InChI=1S/C27H19Cl2FN2/c28-21-7-1-18-5-11-24(31-26(18)15-21)13-20(17-3-9-23(30)10-4-17)14-25-12-6-19-2-8-22(29)16-27(19)32-25/h1-12,15-16,20H,13-14H2. The highest BCUT2D eigenvalue weighted by Crippen LogP contribution is 2.27. The van der Waals surface area contributed by atoms with Crippen LogP contribution < -0.4 is 0 Å². The van der Waals surface area contributed by atoms with Gasteiger partial charge in [0.1, 0.15) is 5.82 Å². The number of benzene rings is 3. The number of hydrogen-bond donors (Lipinski definition) is 0. The molecule has 3 aromatic carbocycles. The molecule has 0 aliphatic rings. The fourth-order valence-electron chi connectivity index (χ4n) is 4.04. The van der Waals surface area contributed by atoms with Crippen LogP contribution in [0.5, 0.6) is 0 Å². The molecule has 0 saturated carbocycles. The summed E-state index contributed by atoms with van der Waals surface area (Å²) in [6.45, 7) is 0. The summed E-state index contributed by atoms with van der Waals surface area (Å²) < 4.78 is 13.6. The SMILES string of the molecule is Fc1ccc(C(Cc2ccc3ccc(Cl)cc3n2)Cc2ccc3ccc(Cl)cc3n2)cc1. The lowest BCUT2D eigenvalue weighted by atomic mass is 9.89. The molecule has 0 spiro atoms. The second-order valence-electron chi connectivity index (χ2n) is 7.94. The fraction of sp³-hybridized carbons (Fsp3) is 0.111. The van der Waals surface area contributed by atoms with Crippen LogP contribution in [0.15, 0.2) is 84.9 Å². The minimum absolute atomic E-state index is 0.0869. The van der Waals surface area contributed by atoms with Crippen molar-refractivity contribution in [3.05, 3.63) is 118 Å². The highest BCUT2D eigenvalue weighted by Gasteiger charge is 2.16. The van der Waals surface area contributed by atoms with E-state index in [0.29, 0.717) is 22.9 Å². The lowest BCUT2D eigenvalue weighted by Gasteiger charge is -2.18. The third-order valence-corrected chi connectivity index (χ3v) is 6.15. The van der Waals surface area contributed by atoms with Crippen LogP contribution in [-0.4, -0.2) is 9.97 Å². The van der Waals surface area contributed by atoms with E-state index in [1.54, 1.807) is 0 Å². The Labute approximate surface area is 195 Å². The van der Waals surface area contributed by atoms with Gasteiger partial charge in [0.15, 0.2) is 0 Å². The smallest absolute Gasteiger partial charge is 0.123 e. The molecule has 5 aromatic rings. The van der Waals surface area contributed by atoms with Gasteiger partial charge in [-0.2, -0.15) is 0 Å². The van der Waals surface area contributed by atoms with E-state index < -0.39 is 0 Å². The summed E-state index contributed by atoms with van der Waals surface area (Å²) in [4.78, 5) is 9.65. The minimum atomic E-state index is -0.246. The van der Waals surface area contributed by atoms with Crippen molar-refractivity contribution in [1.29, 1.82) is 0 Å². The van der Waals surface area contributed by atoms with Crippen molar-refractivity contribution in [3.8, 4) is 0 Å². The Morgan fingerprint density at radius 3 is 1.59 bits per heavy atom. The Morgan fingerprint density at radius 1 is 0.625 bits per heavy atom. The Balaban J connectivity index is 1.50. The predicted molar refractivity (Wildman–Crippen MR) is 130 cm³/mol. The van der Waals surface area contributed by atoms with Crippen LogP contribution in [0.25, 0.3) is 21.8 Å². The topological polar surface area (TPSA) is 25.8 Å². The van der Waals surface area contributed by atoms with Gasteiger partial charge in [0.25, 0.3) is 0 Å². The molecule has 0 bridgehead atoms. The van der Waals surface area contributed by atoms with E-state index in [4.69, 9.17) is 33.2 Å². The van der Waals surface area contributed by atoms with Gasteiger partial charge >= 0.3 is 0 Å². The maximum atomic E-state index is 13.6. The van der Waals surface area contributed by atoms with Crippen LogP contribution in [0.4, 0.5) is 4.39 Å². The molecule has 32 heavy (non-hydrogen) atoms. The van der Waals surface area contributed by atoms with E-state index >= 15 is 0 Å². The summed E-state index contributed by atoms with van der Waals surface area (Å²) in [5.41, 5.74) is 4.70. The normalized spacial score (nSPS) is 11.5. The molecule has 0 unspecified atom stereocenters. The number of fused-ring (bicyclic) bond motifs is 2. The van der Waals surface area contributed by atoms with E-state index in [1.165, 1.54) is 12.1 Å². The summed E-state index contributed by atoms with van der Waals surface area (Å²) in [5.74, 6) is -0.159. The molecule has 2 nitrogen and oxygen atoms in total. The molecule has 2 aromatic heterocycles. The maximum Gasteiger partial charge on any atom is 0.123 e. The second-order valence-corrected chi connectivity index (χ2v) is 8.81. The van der Waals surface area contributed by atoms with E-state index in [-0.39, 0.29) is 11.7 Å². The number of pyridine rings is 2. The highest BCUT2D eigenvalue weighted by molar-refractivity contribution is 6.31. The van der Waals surface area contributed by atoms with E-state index in [9.17, 15) is 4.39 Å². The first kappa shape index (κ1) is 20.9. The summed E-state index contributed by atoms with van der Waals surface area (Å²) >= 11 is 12.3. The molecular weight excluding hydrogens is 442 g/mol. The van der Waals surface area contributed by atoms with Crippen LogP contribution in [0, 0.1) is 5.82 Å². The molecule has 5 rings (SSSR count). The molecule has 0 amide bonds. The molecule has 2 heterocycles. The van der Waals surface area contributed by atoms with E-state index in [1.807, 2.05) is 60.7 Å². The quantitative estimate of drug-likeness (QED) is 0.267. The van der Waals surface area contributed by atoms with Crippen LogP contribution in [-0.2, 0) is 12.8 Å². The number of hydrogen-bond acceptors (Lipinski definition) is 2. The first-order chi connectivity index (χ1) is 15.5. The van der Waals surface area contributed by atoms with Gasteiger partial charge in [-0.1, -0.05) is 59.6 Å². The third kappa shape index (κ3) is 4.59. The average molecular weight is 461 g/mol. The Bertz CT molecular complexity index is 1330. The number of halogens is 3. The van der Waals surface area contributed by atoms with E-state index in [2.05, 4.69) is 12.1 Å². The molecule has 0 aliphatic heterocycles. The summed E-state index contributed by atoms with van der Waals surface area (Å²) in [5, 5.41) is 3.42. The van der Waals surface area contributed by atoms with Gasteiger partial charge in [-0.25, -0.2) is 4.39 Å². The first-order valence-electron chi connectivity index (χ1n) is 10.4. The first-order valence-corrected chi connectivity index (χ1v) is 11.1. The van der Waals surface area contributed by atoms with Crippen molar-refractivity contribution in [2.24, 2.45) is 0 Å². The number of nitrogens with zero attached hydrogens (tertiary/aromatic N) is 2. The van der Waals surface area contributed by atoms with Gasteiger partial charge in [-0.05, 0) is 72.9 Å². The van der Waals surface area contributed by atoms with Crippen LogP contribution in [0.2, 0.25) is 10.0 Å². The van der Waals surface area contributed by atoms with Crippen molar-refractivity contribution in [2.45, 2.75) is 18.8 Å². The summed E-state index contributed by atoms with van der Waals surface area (Å²) in [6.07, 6.45) is 1.40. The monoisotopic (exact) mass is 460 g/mol. The van der Waals surface area contributed by atoms with Crippen LogP contribution in [0.3, 0.4) is 0 Å². The third-order valence-electron chi connectivity index (χ3n) is 5.68. The number of rotatable bonds is 5. The lowest BCUT2D eigenvalue weighted by molar-refractivity contribution is 0.620. The molecule has 158 valence electrons. The minimum Gasteiger partial charge on any atom is -0.253 e. The van der Waals surface area contributed by atoms with Crippen molar-refractivity contribution >= 4 is 45.0 Å². The zero-order valence-corrected chi connectivity index (χ0v) is 18.6. The van der Waals surface area contributed by atoms with E-state index in [0.717, 1.165) is 38.8 Å². The van der Waals surface area contributed by atoms with Gasteiger partial charge in [0, 0.05) is 32.2 Å². The largest absolute Gasteiger partial charge is 0.253 e. The zero-order chi connectivity index (χ0) is 22.1. The molecule has 0 atom stereocenters. The average Bonchev–Trinajstić information content (AvgIpc) is 2.78. The number of aromatic nitrogens is 2. The van der Waals surface area contributed by atoms with Crippen LogP contribution >= 0.6 is 23.2 Å². The van der Waals surface area contributed by atoms with Crippen molar-refractivity contribution in [2.75, 3.05) is 0 Å². The van der Waals surface area contributed by atoms with Crippen molar-refractivity contribution in [3.63, 3.8) is 0 Å². The Kier molecular flexibility index (Phi) is 5.77. The Hall–Kier alpha value is -3.01. The molecule has 0 aliphatic carbocycles. The van der Waals surface area contributed by atoms with Gasteiger partial charge < -0.3 is 0 Å². The highest BCUT2D eigenvalue weighted by atomic mass is 35.5.